The van der Waals surface area contributed by atoms with Crippen LogP contribution in [0.3, 0.4) is 0 Å². The number of amides is 1. The summed E-state index contributed by atoms with van der Waals surface area (Å²) in [5.74, 6) is 0.692. The van der Waals surface area contributed by atoms with Gasteiger partial charge in [-0.2, -0.15) is 0 Å². The van der Waals surface area contributed by atoms with E-state index in [9.17, 15) is 4.79 Å². The molecule has 0 saturated carbocycles. The fourth-order valence-corrected chi connectivity index (χ4v) is 3.55. The predicted octanol–water partition coefficient (Wildman–Crippen LogP) is 5.41. The van der Waals surface area contributed by atoms with Crippen molar-refractivity contribution < 1.29 is 4.79 Å². The van der Waals surface area contributed by atoms with Gasteiger partial charge in [-0.25, -0.2) is 4.98 Å². The van der Waals surface area contributed by atoms with Crippen LogP contribution in [-0.2, 0) is 11.3 Å². The third-order valence-corrected chi connectivity index (χ3v) is 4.83. The Bertz CT molecular complexity index is 1130. The molecule has 0 aliphatic heterocycles. The summed E-state index contributed by atoms with van der Waals surface area (Å²) in [6.07, 6.45) is 0. The number of benzene rings is 3. The number of hydrogen-bond acceptors (Lipinski definition) is 2. The molecule has 134 valence electrons. The van der Waals surface area contributed by atoms with Crippen LogP contribution in [0.15, 0.2) is 77.3 Å². The quantitative estimate of drug-likeness (QED) is 0.480. The third kappa shape index (κ3) is 3.78. The Labute approximate surface area is 166 Å². The molecule has 27 heavy (non-hydrogen) atoms. The highest BCUT2D eigenvalue weighted by atomic mass is 79.9. The van der Waals surface area contributed by atoms with E-state index in [1.807, 2.05) is 84.3 Å². The minimum atomic E-state index is -0.0833. The summed E-state index contributed by atoms with van der Waals surface area (Å²) in [5, 5.41) is 2.98. The van der Waals surface area contributed by atoms with Crippen LogP contribution in [0.5, 0.6) is 0 Å². The second-order valence-electron chi connectivity index (χ2n) is 6.44. The van der Waals surface area contributed by atoms with Gasteiger partial charge in [-0.1, -0.05) is 52.3 Å². The second-order valence-corrected chi connectivity index (χ2v) is 7.35. The number of para-hydroxylation sites is 2. The van der Waals surface area contributed by atoms with Crippen molar-refractivity contribution in [3.05, 3.63) is 82.8 Å². The lowest BCUT2D eigenvalue weighted by Crippen LogP contribution is -2.19. The van der Waals surface area contributed by atoms with Crippen LogP contribution < -0.4 is 5.32 Å². The van der Waals surface area contributed by atoms with E-state index in [4.69, 9.17) is 4.98 Å². The van der Waals surface area contributed by atoms with Gasteiger partial charge in [-0.3, -0.25) is 4.79 Å². The van der Waals surface area contributed by atoms with E-state index >= 15 is 0 Å². The van der Waals surface area contributed by atoms with E-state index in [1.165, 1.54) is 0 Å². The number of imidazole rings is 1. The van der Waals surface area contributed by atoms with Crippen molar-refractivity contribution in [3.63, 3.8) is 0 Å². The van der Waals surface area contributed by atoms with E-state index in [0.717, 1.165) is 38.1 Å². The van der Waals surface area contributed by atoms with Gasteiger partial charge in [0.2, 0.25) is 5.91 Å². The van der Waals surface area contributed by atoms with Gasteiger partial charge in [0.15, 0.2) is 0 Å². The molecule has 0 radical (unpaired) electrons. The molecule has 0 fully saturated rings. The fraction of sp³-hybridized carbons (Fsp3) is 0.0909. The largest absolute Gasteiger partial charge is 0.325 e. The van der Waals surface area contributed by atoms with Crippen molar-refractivity contribution in [1.29, 1.82) is 0 Å². The van der Waals surface area contributed by atoms with Crippen LogP contribution in [0.2, 0.25) is 0 Å². The molecule has 4 nitrogen and oxygen atoms in total. The summed E-state index contributed by atoms with van der Waals surface area (Å²) < 4.78 is 2.94. The molecule has 0 unspecified atom stereocenters. The van der Waals surface area contributed by atoms with E-state index in [-0.39, 0.29) is 12.5 Å². The Morgan fingerprint density at radius 1 is 1.04 bits per heavy atom. The van der Waals surface area contributed by atoms with E-state index in [0.29, 0.717) is 0 Å². The van der Waals surface area contributed by atoms with Gasteiger partial charge in [-0.15, -0.1) is 0 Å². The van der Waals surface area contributed by atoms with Crippen molar-refractivity contribution in [2.75, 3.05) is 5.32 Å². The van der Waals surface area contributed by atoms with Crippen molar-refractivity contribution in [2.45, 2.75) is 13.5 Å². The number of nitrogens with zero attached hydrogens (tertiary/aromatic N) is 2. The maximum atomic E-state index is 12.7. The van der Waals surface area contributed by atoms with Gasteiger partial charge in [0.1, 0.15) is 12.4 Å². The van der Waals surface area contributed by atoms with Crippen LogP contribution in [0.1, 0.15) is 5.56 Å². The highest BCUT2D eigenvalue weighted by Gasteiger charge is 2.15. The zero-order valence-corrected chi connectivity index (χ0v) is 16.4. The van der Waals surface area contributed by atoms with Gasteiger partial charge in [0.05, 0.1) is 11.0 Å². The third-order valence-electron chi connectivity index (χ3n) is 4.34. The molecule has 1 aromatic heterocycles. The number of aromatic nitrogens is 2. The minimum Gasteiger partial charge on any atom is -0.325 e. The van der Waals surface area contributed by atoms with Gasteiger partial charge in [0.25, 0.3) is 0 Å². The second kappa shape index (κ2) is 7.37. The van der Waals surface area contributed by atoms with Crippen LogP contribution >= 0.6 is 15.9 Å². The van der Waals surface area contributed by atoms with Crippen LogP contribution in [0.4, 0.5) is 5.69 Å². The minimum absolute atomic E-state index is 0.0833. The molecule has 4 aromatic rings. The SMILES string of the molecule is Cc1cccc(NC(=O)Cn2c(-c3cccc(Br)c3)nc3ccccc32)c1. The van der Waals surface area contributed by atoms with E-state index in [2.05, 4.69) is 21.2 Å². The summed E-state index contributed by atoms with van der Waals surface area (Å²) in [6.45, 7) is 2.20. The molecule has 3 aromatic carbocycles. The molecule has 1 heterocycles. The summed E-state index contributed by atoms with van der Waals surface area (Å²) in [7, 11) is 0. The first-order valence-electron chi connectivity index (χ1n) is 8.68. The number of carbonyl (C=O) groups excluding carboxylic acids is 1. The van der Waals surface area contributed by atoms with E-state index < -0.39 is 0 Å². The molecule has 0 aliphatic carbocycles. The smallest absolute Gasteiger partial charge is 0.244 e. The Hall–Kier alpha value is -2.92. The normalized spacial score (nSPS) is 10.9. The molecule has 0 bridgehead atoms. The number of aryl methyl sites for hydroxylation is 1. The highest BCUT2D eigenvalue weighted by Crippen LogP contribution is 2.27. The number of fused-ring (bicyclic) bond motifs is 1. The standard InChI is InChI=1S/C22H18BrN3O/c1-15-6-4-9-18(12-15)24-21(27)14-26-20-11-3-2-10-19(20)25-22(26)16-7-5-8-17(23)13-16/h2-13H,14H2,1H3,(H,24,27). The lowest BCUT2D eigenvalue weighted by molar-refractivity contribution is -0.116. The number of nitrogens with one attached hydrogen (secondary N) is 1. The number of rotatable bonds is 4. The number of anilines is 1. The average molecular weight is 420 g/mol. The van der Waals surface area contributed by atoms with Gasteiger partial charge in [-0.05, 0) is 48.9 Å². The van der Waals surface area contributed by atoms with Crippen LogP contribution in [0.25, 0.3) is 22.4 Å². The first kappa shape index (κ1) is 17.5. The van der Waals surface area contributed by atoms with Crippen molar-refractivity contribution in [3.8, 4) is 11.4 Å². The predicted molar refractivity (Wildman–Crippen MR) is 113 cm³/mol. The highest BCUT2D eigenvalue weighted by molar-refractivity contribution is 9.10. The maximum absolute atomic E-state index is 12.7. The number of hydrogen-bond donors (Lipinski definition) is 1. The molecular formula is C22H18BrN3O. The first-order valence-corrected chi connectivity index (χ1v) is 9.47. The summed E-state index contributed by atoms with van der Waals surface area (Å²) in [4.78, 5) is 17.5. The van der Waals surface area contributed by atoms with Crippen LogP contribution in [0, 0.1) is 6.92 Å². The molecule has 0 aliphatic rings. The van der Waals surface area contributed by atoms with Crippen LogP contribution in [-0.4, -0.2) is 15.5 Å². The Morgan fingerprint density at radius 3 is 2.67 bits per heavy atom. The number of halogens is 1. The van der Waals surface area contributed by atoms with Crippen molar-refractivity contribution in [1.82, 2.24) is 9.55 Å². The molecule has 0 atom stereocenters. The molecule has 1 amide bonds. The van der Waals surface area contributed by atoms with Crippen molar-refractivity contribution in [2.24, 2.45) is 0 Å². The lowest BCUT2D eigenvalue weighted by Gasteiger charge is -2.11. The maximum Gasteiger partial charge on any atom is 0.244 e. The molecule has 5 heteroatoms. The topological polar surface area (TPSA) is 46.9 Å². The van der Waals surface area contributed by atoms with Gasteiger partial charge in [0, 0.05) is 15.7 Å². The summed E-state index contributed by atoms with van der Waals surface area (Å²) in [6, 6.07) is 23.6. The number of carbonyl (C=O) groups is 1. The van der Waals surface area contributed by atoms with Gasteiger partial charge < -0.3 is 9.88 Å². The Balaban J connectivity index is 1.71. The molecular weight excluding hydrogens is 402 g/mol. The first-order chi connectivity index (χ1) is 13.1. The molecule has 0 spiro atoms. The summed E-state index contributed by atoms with van der Waals surface area (Å²) in [5.41, 5.74) is 4.68. The molecule has 4 rings (SSSR count). The Kier molecular flexibility index (Phi) is 4.77. The monoisotopic (exact) mass is 419 g/mol. The lowest BCUT2D eigenvalue weighted by atomic mass is 10.2. The fourth-order valence-electron chi connectivity index (χ4n) is 3.15. The zero-order chi connectivity index (χ0) is 18.8. The van der Waals surface area contributed by atoms with E-state index in [1.54, 1.807) is 0 Å². The average Bonchev–Trinajstić information content (AvgIpc) is 3.00. The summed E-state index contributed by atoms with van der Waals surface area (Å²) >= 11 is 3.51. The Morgan fingerprint density at radius 2 is 1.85 bits per heavy atom. The van der Waals surface area contributed by atoms with Gasteiger partial charge >= 0.3 is 0 Å². The zero-order valence-electron chi connectivity index (χ0n) is 14.8. The molecule has 0 saturated heterocycles. The van der Waals surface area contributed by atoms with Crippen molar-refractivity contribution >= 4 is 38.6 Å². The molecule has 1 N–H and O–H groups in total.